The Bertz CT molecular complexity index is 975. The molecule has 8 nitrogen and oxygen atoms in total. The highest BCUT2D eigenvalue weighted by Crippen LogP contribution is 2.17. The summed E-state index contributed by atoms with van der Waals surface area (Å²) in [4.78, 5) is 35.3. The first-order valence-electron chi connectivity index (χ1n) is 10.7. The number of aromatic nitrogens is 2. The van der Waals surface area contributed by atoms with E-state index >= 15 is 0 Å². The average Bonchev–Trinajstić information content (AvgIpc) is 2.98. The number of hydrogen-bond donors (Lipinski definition) is 2. The van der Waals surface area contributed by atoms with Crippen LogP contribution < -0.4 is 10.6 Å². The predicted molar refractivity (Wildman–Crippen MR) is 123 cm³/mol. The van der Waals surface area contributed by atoms with Crippen molar-refractivity contribution in [2.24, 2.45) is 5.92 Å². The molecule has 0 atom stereocenters. The van der Waals surface area contributed by atoms with Crippen LogP contribution in [0.3, 0.4) is 0 Å². The van der Waals surface area contributed by atoms with Crippen molar-refractivity contribution >= 4 is 24.0 Å². The summed E-state index contributed by atoms with van der Waals surface area (Å²) >= 11 is 0. The normalized spacial score (nSPS) is 11.1. The number of hydrogen-bond acceptors (Lipinski definition) is 5. The lowest BCUT2D eigenvalue weighted by atomic mass is 10.1. The van der Waals surface area contributed by atoms with Crippen LogP contribution in [-0.4, -0.2) is 40.8 Å². The largest absolute Gasteiger partial charge is 0.452 e. The van der Waals surface area contributed by atoms with Crippen LogP contribution in [0.2, 0.25) is 0 Å². The first-order chi connectivity index (χ1) is 15.2. The zero-order chi connectivity index (χ0) is 23.7. The van der Waals surface area contributed by atoms with Crippen LogP contribution in [0.15, 0.2) is 30.3 Å². The monoisotopic (exact) mass is 440 g/mol. The molecule has 0 aliphatic rings. The van der Waals surface area contributed by atoms with Crippen molar-refractivity contribution < 1.29 is 19.1 Å². The van der Waals surface area contributed by atoms with Crippen molar-refractivity contribution in [3.05, 3.63) is 58.4 Å². The van der Waals surface area contributed by atoms with Gasteiger partial charge < -0.3 is 10.1 Å². The number of nitrogens with one attached hydrogen (secondary N) is 2. The SMILES string of the molecule is Cc1ccc(Cn2nc(C)c(/C=C/C(=O)OCC(=O)NC(=O)NCCC(C)C)c2C)cc1. The minimum atomic E-state index is -0.688. The average molecular weight is 441 g/mol. The molecule has 0 aliphatic carbocycles. The number of amides is 3. The van der Waals surface area contributed by atoms with Crippen LogP contribution >= 0.6 is 0 Å². The van der Waals surface area contributed by atoms with E-state index in [-0.39, 0.29) is 0 Å². The van der Waals surface area contributed by atoms with E-state index in [1.807, 2.05) is 39.3 Å². The standard InChI is InChI=1S/C24H32N4O4/c1-16(2)12-13-25-24(31)26-22(29)15-32-23(30)11-10-21-18(4)27-28(19(21)5)14-20-8-6-17(3)7-9-20/h6-11,16H,12-15H2,1-5H3,(H2,25,26,29,31)/b11-10+. The Morgan fingerprint density at radius 3 is 2.47 bits per heavy atom. The summed E-state index contributed by atoms with van der Waals surface area (Å²) < 4.78 is 6.80. The second-order valence-corrected chi connectivity index (χ2v) is 8.16. The first-order valence-corrected chi connectivity index (χ1v) is 10.7. The minimum Gasteiger partial charge on any atom is -0.452 e. The number of benzene rings is 1. The number of imide groups is 1. The molecular formula is C24H32N4O4. The number of nitrogens with zero attached hydrogens (tertiary/aromatic N) is 2. The lowest BCUT2D eigenvalue weighted by Crippen LogP contribution is -2.41. The Balaban J connectivity index is 1.85. The van der Waals surface area contributed by atoms with Gasteiger partial charge >= 0.3 is 12.0 Å². The van der Waals surface area contributed by atoms with Gasteiger partial charge in [-0.1, -0.05) is 43.7 Å². The third-order valence-electron chi connectivity index (χ3n) is 4.88. The molecular weight excluding hydrogens is 408 g/mol. The van der Waals surface area contributed by atoms with Crippen molar-refractivity contribution in [3.8, 4) is 0 Å². The van der Waals surface area contributed by atoms with Gasteiger partial charge in [0.15, 0.2) is 6.61 Å². The van der Waals surface area contributed by atoms with Crippen LogP contribution in [0.25, 0.3) is 6.08 Å². The lowest BCUT2D eigenvalue weighted by Gasteiger charge is -2.08. The number of esters is 1. The molecule has 0 unspecified atom stereocenters. The van der Waals surface area contributed by atoms with Crippen molar-refractivity contribution in [3.63, 3.8) is 0 Å². The van der Waals surface area contributed by atoms with Gasteiger partial charge in [-0.05, 0) is 44.7 Å². The molecule has 1 heterocycles. The molecule has 0 saturated heterocycles. The van der Waals surface area contributed by atoms with Gasteiger partial charge in [-0.15, -0.1) is 0 Å². The fourth-order valence-electron chi connectivity index (χ4n) is 2.99. The molecule has 2 aromatic rings. The summed E-state index contributed by atoms with van der Waals surface area (Å²) in [6.45, 7) is 10.5. The zero-order valence-electron chi connectivity index (χ0n) is 19.4. The maximum atomic E-state index is 12.0. The zero-order valence-corrected chi connectivity index (χ0v) is 19.4. The van der Waals surface area contributed by atoms with Gasteiger partial charge in [-0.25, -0.2) is 9.59 Å². The molecule has 2 rings (SSSR count). The quantitative estimate of drug-likeness (QED) is 0.460. The van der Waals surface area contributed by atoms with Crippen molar-refractivity contribution in [1.82, 2.24) is 20.4 Å². The second-order valence-electron chi connectivity index (χ2n) is 8.16. The summed E-state index contributed by atoms with van der Waals surface area (Å²) in [7, 11) is 0. The molecule has 0 aliphatic heterocycles. The molecule has 0 bridgehead atoms. The molecule has 3 amide bonds. The van der Waals surface area contributed by atoms with E-state index in [9.17, 15) is 14.4 Å². The third kappa shape index (κ3) is 8.02. The Morgan fingerprint density at radius 1 is 1.12 bits per heavy atom. The number of rotatable bonds is 9. The van der Waals surface area contributed by atoms with Crippen LogP contribution in [-0.2, 0) is 20.9 Å². The van der Waals surface area contributed by atoms with E-state index in [2.05, 4.69) is 40.0 Å². The Morgan fingerprint density at radius 2 is 1.81 bits per heavy atom. The molecule has 1 aromatic carbocycles. The van der Waals surface area contributed by atoms with E-state index in [0.717, 1.165) is 28.9 Å². The van der Waals surface area contributed by atoms with E-state index in [1.54, 1.807) is 6.08 Å². The van der Waals surface area contributed by atoms with E-state index in [4.69, 9.17) is 4.74 Å². The van der Waals surface area contributed by atoms with Gasteiger partial charge in [0, 0.05) is 23.9 Å². The summed E-state index contributed by atoms with van der Waals surface area (Å²) in [5.74, 6) is -0.918. The molecule has 2 N–H and O–H groups in total. The summed E-state index contributed by atoms with van der Waals surface area (Å²) in [5, 5.41) is 9.26. The molecule has 32 heavy (non-hydrogen) atoms. The third-order valence-corrected chi connectivity index (χ3v) is 4.88. The summed E-state index contributed by atoms with van der Waals surface area (Å²) in [6.07, 6.45) is 3.69. The highest BCUT2D eigenvalue weighted by atomic mass is 16.5. The molecule has 172 valence electrons. The van der Waals surface area contributed by atoms with E-state index < -0.39 is 24.5 Å². The molecule has 0 radical (unpaired) electrons. The number of carbonyl (C=O) groups is 3. The topological polar surface area (TPSA) is 102 Å². The van der Waals surface area contributed by atoms with Gasteiger partial charge in [0.2, 0.25) is 0 Å². The van der Waals surface area contributed by atoms with Crippen LogP contribution in [0.1, 0.15) is 48.3 Å². The summed E-state index contributed by atoms with van der Waals surface area (Å²) in [6, 6.07) is 7.64. The molecule has 8 heteroatoms. The van der Waals surface area contributed by atoms with E-state index in [1.165, 1.54) is 11.6 Å². The fraction of sp³-hybridized carbons (Fsp3) is 0.417. The summed E-state index contributed by atoms with van der Waals surface area (Å²) in [5.41, 5.74) is 4.86. The van der Waals surface area contributed by atoms with Crippen molar-refractivity contribution in [2.45, 2.75) is 47.6 Å². The van der Waals surface area contributed by atoms with Gasteiger partial charge in [-0.2, -0.15) is 5.10 Å². The predicted octanol–water partition coefficient (Wildman–Crippen LogP) is 3.28. The minimum absolute atomic E-state index is 0.445. The second kappa shape index (κ2) is 11.8. The van der Waals surface area contributed by atoms with Crippen LogP contribution in [0.4, 0.5) is 4.79 Å². The number of urea groups is 1. The Labute approximate surface area is 189 Å². The molecule has 0 spiro atoms. The number of carbonyl (C=O) groups excluding carboxylic acids is 3. The lowest BCUT2D eigenvalue weighted by molar-refractivity contribution is -0.143. The number of aryl methyl sites for hydroxylation is 2. The first kappa shape index (κ1) is 24.8. The Kier molecular flexibility index (Phi) is 9.19. The van der Waals surface area contributed by atoms with Crippen LogP contribution in [0.5, 0.6) is 0 Å². The molecule has 0 saturated carbocycles. The maximum Gasteiger partial charge on any atom is 0.331 e. The van der Waals surface area contributed by atoms with Gasteiger partial charge in [-0.3, -0.25) is 14.8 Å². The van der Waals surface area contributed by atoms with Crippen molar-refractivity contribution in [1.29, 1.82) is 0 Å². The molecule has 1 aromatic heterocycles. The van der Waals surface area contributed by atoms with Crippen molar-refractivity contribution in [2.75, 3.05) is 13.2 Å². The molecule has 0 fully saturated rings. The smallest absolute Gasteiger partial charge is 0.331 e. The number of ether oxygens (including phenoxy) is 1. The highest BCUT2D eigenvalue weighted by molar-refractivity contribution is 5.96. The maximum absolute atomic E-state index is 12.0. The van der Waals surface area contributed by atoms with E-state index in [0.29, 0.717) is 19.0 Å². The Hall–Kier alpha value is -3.42. The van der Waals surface area contributed by atoms with Gasteiger partial charge in [0.25, 0.3) is 5.91 Å². The fourth-order valence-corrected chi connectivity index (χ4v) is 2.99. The highest BCUT2D eigenvalue weighted by Gasteiger charge is 2.12. The van der Waals surface area contributed by atoms with Gasteiger partial charge in [0.1, 0.15) is 0 Å². The van der Waals surface area contributed by atoms with Gasteiger partial charge in [0.05, 0.1) is 12.2 Å². The van der Waals surface area contributed by atoms with Crippen LogP contribution in [0, 0.1) is 26.7 Å².